The van der Waals surface area contributed by atoms with E-state index in [1.165, 1.54) is 0 Å². The van der Waals surface area contributed by atoms with E-state index < -0.39 is 5.60 Å². The van der Waals surface area contributed by atoms with Gasteiger partial charge in [0, 0.05) is 19.6 Å². The zero-order valence-electron chi connectivity index (χ0n) is 11.2. The molecule has 3 nitrogen and oxygen atoms in total. The van der Waals surface area contributed by atoms with Crippen molar-refractivity contribution in [3.63, 3.8) is 0 Å². The first kappa shape index (κ1) is 13.9. The highest BCUT2D eigenvalue weighted by atomic mass is 16.3. The van der Waals surface area contributed by atoms with Crippen molar-refractivity contribution in [1.29, 1.82) is 0 Å². The molecule has 3 heteroatoms. The van der Waals surface area contributed by atoms with Crippen molar-refractivity contribution in [2.75, 3.05) is 39.3 Å². The topological polar surface area (TPSA) is 26.7 Å². The molecule has 1 fully saturated rings. The van der Waals surface area contributed by atoms with Crippen LogP contribution < -0.4 is 0 Å². The van der Waals surface area contributed by atoms with E-state index in [2.05, 4.69) is 23.6 Å². The molecule has 0 aromatic rings. The third-order valence-electron chi connectivity index (χ3n) is 3.78. The minimum Gasteiger partial charge on any atom is -0.390 e. The molecule has 1 aliphatic heterocycles. The maximum absolute atomic E-state index is 10.0. The Labute approximate surface area is 100 Å². The lowest BCUT2D eigenvalue weighted by Gasteiger charge is -2.25. The summed E-state index contributed by atoms with van der Waals surface area (Å²) in [6.45, 7) is 13.2. The molecular formula is C13H28N2O. The molecule has 0 spiro atoms. The van der Waals surface area contributed by atoms with Gasteiger partial charge in [-0.2, -0.15) is 0 Å². The number of likely N-dealkylation sites (tertiary alicyclic amines) is 1. The van der Waals surface area contributed by atoms with Gasteiger partial charge in [-0.25, -0.2) is 0 Å². The van der Waals surface area contributed by atoms with Crippen molar-refractivity contribution >= 4 is 0 Å². The van der Waals surface area contributed by atoms with Crippen LogP contribution in [0.25, 0.3) is 0 Å². The number of nitrogens with zero attached hydrogens (tertiary/aromatic N) is 2. The highest BCUT2D eigenvalue weighted by Gasteiger charge is 2.24. The van der Waals surface area contributed by atoms with Crippen LogP contribution in [0.1, 0.15) is 40.0 Å². The monoisotopic (exact) mass is 228 g/mol. The van der Waals surface area contributed by atoms with E-state index in [1.54, 1.807) is 0 Å². The van der Waals surface area contributed by atoms with Gasteiger partial charge in [-0.05, 0) is 45.8 Å². The Morgan fingerprint density at radius 2 is 1.88 bits per heavy atom. The standard InChI is InChI=1S/C13H28N2O/c1-4-14(5-2)11-12-15-9-6-7-13(3,16)8-10-15/h16H,4-12H2,1-3H3. The SMILES string of the molecule is CCN(CC)CCN1CCCC(C)(O)CC1. The predicted molar refractivity (Wildman–Crippen MR) is 68.7 cm³/mol. The fourth-order valence-electron chi connectivity index (χ4n) is 2.37. The predicted octanol–water partition coefficient (Wildman–Crippen LogP) is 1.57. The zero-order valence-corrected chi connectivity index (χ0v) is 11.2. The Morgan fingerprint density at radius 3 is 2.50 bits per heavy atom. The van der Waals surface area contributed by atoms with Crippen LogP contribution in [0, 0.1) is 0 Å². The first-order valence-corrected chi connectivity index (χ1v) is 6.74. The highest BCUT2D eigenvalue weighted by molar-refractivity contribution is 4.79. The second-order valence-electron chi connectivity index (χ2n) is 5.22. The smallest absolute Gasteiger partial charge is 0.0632 e. The highest BCUT2D eigenvalue weighted by Crippen LogP contribution is 2.21. The second-order valence-corrected chi connectivity index (χ2v) is 5.22. The van der Waals surface area contributed by atoms with E-state index in [9.17, 15) is 5.11 Å². The van der Waals surface area contributed by atoms with Crippen LogP contribution in [-0.2, 0) is 0 Å². The van der Waals surface area contributed by atoms with Crippen molar-refractivity contribution < 1.29 is 5.11 Å². The van der Waals surface area contributed by atoms with E-state index in [-0.39, 0.29) is 0 Å². The summed E-state index contributed by atoms with van der Waals surface area (Å²) >= 11 is 0. The molecule has 1 rings (SSSR count). The van der Waals surface area contributed by atoms with Crippen molar-refractivity contribution in [2.45, 2.75) is 45.6 Å². The van der Waals surface area contributed by atoms with E-state index >= 15 is 0 Å². The van der Waals surface area contributed by atoms with Crippen LogP contribution in [0.3, 0.4) is 0 Å². The van der Waals surface area contributed by atoms with Crippen LogP contribution >= 0.6 is 0 Å². The van der Waals surface area contributed by atoms with Gasteiger partial charge in [0.2, 0.25) is 0 Å². The van der Waals surface area contributed by atoms with Gasteiger partial charge in [0.15, 0.2) is 0 Å². The van der Waals surface area contributed by atoms with Crippen LogP contribution in [0.5, 0.6) is 0 Å². The first-order valence-electron chi connectivity index (χ1n) is 6.74. The van der Waals surface area contributed by atoms with Gasteiger partial charge in [-0.1, -0.05) is 13.8 Å². The van der Waals surface area contributed by atoms with Gasteiger partial charge < -0.3 is 14.9 Å². The lowest BCUT2D eigenvalue weighted by atomic mass is 9.98. The minimum atomic E-state index is -0.427. The van der Waals surface area contributed by atoms with Gasteiger partial charge in [-0.3, -0.25) is 0 Å². The third-order valence-corrected chi connectivity index (χ3v) is 3.78. The summed E-state index contributed by atoms with van der Waals surface area (Å²) in [7, 11) is 0. The van der Waals surface area contributed by atoms with Crippen molar-refractivity contribution in [3.8, 4) is 0 Å². The fraction of sp³-hybridized carbons (Fsp3) is 1.00. The van der Waals surface area contributed by atoms with Crippen molar-refractivity contribution in [3.05, 3.63) is 0 Å². The Hall–Kier alpha value is -0.120. The molecule has 1 saturated heterocycles. The average Bonchev–Trinajstić information content (AvgIpc) is 2.41. The van der Waals surface area contributed by atoms with E-state index in [0.717, 1.165) is 58.5 Å². The third kappa shape index (κ3) is 4.81. The molecule has 1 atom stereocenters. The molecule has 0 aliphatic carbocycles. The second kappa shape index (κ2) is 6.58. The van der Waals surface area contributed by atoms with Crippen LogP contribution in [0.2, 0.25) is 0 Å². The van der Waals surface area contributed by atoms with Crippen LogP contribution in [0.4, 0.5) is 0 Å². The molecule has 0 aromatic heterocycles. The maximum atomic E-state index is 10.0. The summed E-state index contributed by atoms with van der Waals surface area (Å²) in [6, 6.07) is 0. The molecule has 1 N–H and O–H groups in total. The van der Waals surface area contributed by atoms with Gasteiger partial charge in [0.25, 0.3) is 0 Å². The number of aliphatic hydroxyl groups is 1. The molecule has 1 aliphatic rings. The molecule has 0 aromatic carbocycles. The molecular weight excluding hydrogens is 200 g/mol. The number of likely N-dealkylation sites (N-methyl/N-ethyl adjacent to an activating group) is 1. The average molecular weight is 228 g/mol. The molecule has 16 heavy (non-hydrogen) atoms. The van der Waals surface area contributed by atoms with Gasteiger partial charge in [0.05, 0.1) is 5.60 Å². The summed E-state index contributed by atoms with van der Waals surface area (Å²) in [5.74, 6) is 0. The lowest BCUT2D eigenvalue weighted by molar-refractivity contribution is 0.0444. The molecule has 1 heterocycles. The Kier molecular flexibility index (Phi) is 5.73. The fourth-order valence-corrected chi connectivity index (χ4v) is 2.37. The summed E-state index contributed by atoms with van der Waals surface area (Å²) in [4.78, 5) is 4.96. The zero-order chi connectivity index (χ0) is 12.0. The minimum absolute atomic E-state index is 0.427. The Balaban J connectivity index is 2.27. The van der Waals surface area contributed by atoms with E-state index in [4.69, 9.17) is 0 Å². The van der Waals surface area contributed by atoms with E-state index in [1.807, 2.05) is 6.92 Å². The van der Waals surface area contributed by atoms with Gasteiger partial charge in [0.1, 0.15) is 0 Å². The molecule has 0 bridgehead atoms. The maximum Gasteiger partial charge on any atom is 0.0632 e. The first-order chi connectivity index (χ1) is 7.57. The molecule has 1 unspecified atom stereocenters. The Bertz CT molecular complexity index is 190. The largest absolute Gasteiger partial charge is 0.390 e. The summed E-state index contributed by atoms with van der Waals surface area (Å²) in [5.41, 5.74) is -0.427. The summed E-state index contributed by atoms with van der Waals surface area (Å²) < 4.78 is 0. The molecule has 96 valence electrons. The Morgan fingerprint density at radius 1 is 1.19 bits per heavy atom. The molecule has 0 amide bonds. The lowest BCUT2D eigenvalue weighted by Crippen LogP contribution is -2.36. The van der Waals surface area contributed by atoms with Crippen molar-refractivity contribution in [2.24, 2.45) is 0 Å². The van der Waals surface area contributed by atoms with E-state index in [0.29, 0.717) is 0 Å². The number of rotatable bonds is 5. The van der Waals surface area contributed by atoms with Crippen molar-refractivity contribution in [1.82, 2.24) is 9.80 Å². The number of hydrogen-bond donors (Lipinski definition) is 1. The van der Waals surface area contributed by atoms with Gasteiger partial charge >= 0.3 is 0 Å². The molecule has 0 saturated carbocycles. The summed E-state index contributed by atoms with van der Waals surface area (Å²) in [5, 5.41) is 10.0. The molecule has 0 radical (unpaired) electrons. The van der Waals surface area contributed by atoms with Gasteiger partial charge in [-0.15, -0.1) is 0 Å². The number of hydrogen-bond acceptors (Lipinski definition) is 3. The van der Waals surface area contributed by atoms with Crippen LogP contribution in [-0.4, -0.2) is 59.8 Å². The normalized spacial score (nSPS) is 28.3. The van der Waals surface area contributed by atoms with Crippen LogP contribution in [0.15, 0.2) is 0 Å². The summed E-state index contributed by atoms with van der Waals surface area (Å²) in [6.07, 6.45) is 3.01. The quantitative estimate of drug-likeness (QED) is 0.774.